The highest BCUT2D eigenvalue weighted by Gasteiger charge is 2.46. The maximum absolute atomic E-state index is 15.1. The average Bonchev–Trinajstić information content (AvgIpc) is 3.42. The predicted molar refractivity (Wildman–Crippen MR) is 147 cm³/mol. The molecule has 3 heterocycles. The van der Waals surface area contributed by atoms with Gasteiger partial charge in [0.15, 0.2) is 16.6 Å². The van der Waals surface area contributed by atoms with Gasteiger partial charge in [0.05, 0.1) is 17.7 Å². The Kier molecular flexibility index (Phi) is 8.29. The number of halogens is 2. The minimum Gasteiger partial charge on any atom is -0.488 e. The zero-order valence-corrected chi connectivity index (χ0v) is 24.5. The van der Waals surface area contributed by atoms with Gasteiger partial charge in [0, 0.05) is 35.6 Å². The Morgan fingerprint density at radius 1 is 1.26 bits per heavy atom. The van der Waals surface area contributed by atoms with Gasteiger partial charge in [-0.15, -0.1) is 10.2 Å². The zero-order valence-electron chi connectivity index (χ0n) is 22.9. The van der Waals surface area contributed by atoms with Crippen molar-refractivity contribution in [1.29, 1.82) is 0 Å². The van der Waals surface area contributed by atoms with Gasteiger partial charge >= 0.3 is 6.09 Å². The number of aromatic nitrogens is 4. The first-order valence-electron chi connectivity index (χ1n) is 12.4. The third kappa shape index (κ3) is 6.92. The first-order chi connectivity index (χ1) is 18.2. The number of rotatable bonds is 7. The number of nitrogens with zero attached hydrogens (tertiary/aromatic N) is 5. The molecule has 0 bridgehead atoms. The Morgan fingerprint density at radius 2 is 1.92 bits per heavy atom. The van der Waals surface area contributed by atoms with Crippen molar-refractivity contribution in [2.75, 3.05) is 18.5 Å². The lowest BCUT2D eigenvalue weighted by atomic mass is 10.2. The number of carbonyl (C=O) groups excluding carboxylic acids is 1. The van der Waals surface area contributed by atoms with Crippen LogP contribution in [0.5, 0.6) is 5.75 Å². The molecule has 1 saturated heterocycles. The Hall–Kier alpha value is -3.09. The fourth-order valence-corrected chi connectivity index (χ4v) is 5.04. The van der Waals surface area contributed by atoms with E-state index in [9.17, 15) is 4.79 Å². The van der Waals surface area contributed by atoms with Crippen LogP contribution in [-0.4, -0.2) is 67.8 Å². The molecule has 1 amide bonds. The molecular weight excluding hydrogens is 547 g/mol. The van der Waals surface area contributed by atoms with E-state index in [0.717, 1.165) is 0 Å². The third-order valence-electron chi connectivity index (χ3n) is 5.59. The van der Waals surface area contributed by atoms with Crippen LogP contribution in [0, 0.1) is 5.82 Å². The van der Waals surface area contributed by atoms with Crippen LogP contribution in [0.25, 0.3) is 21.1 Å². The lowest BCUT2D eigenvalue weighted by Gasteiger charge is -2.35. The number of benzene rings is 1. The van der Waals surface area contributed by atoms with Gasteiger partial charge in [-0.1, -0.05) is 22.9 Å². The molecule has 10 nitrogen and oxygen atoms in total. The smallest absolute Gasteiger partial charge is 0.413 e. The summed E-state index contributed by atoms with van der Waals surface area (Å²) in [5.74, 6) is -0.161. The topological polar surface area (TPSA) is 112 Å². The summed E-state index contributed by atoms with van der Waals surface area (Å²) in [7, 11) is 0. The molecule has 2 aromatic heterocycles. The van der Waals surface area contributed by atoms with Crippen LogP contribution in [0.15, 0.2) is 24.5 Å². The van der Waals surface area contributed by atoms with Gasteiger partial charge in [-0.05, 0) is 54.5 Å². The maximum atomic E-state index is 15.1. The summed E-state index contributed by atoms with van der Waals surface area (Å²) >= 11 is 7.74. The quantitative estimate of drug-likeness (QED) is 0.359. The lowest BCUT2D eigenvalue weighted by molar-refractivity contribution is -0.0637. The number of amides is 1. The number of hydrogen-bond donors (Lipinski definition) is 1. The summed E-state index contributed by atoms with van der Waals surface area (Å²) in [6.45, 7) is 13.1. The lowest BCUT2D eigenvalue weighted by Crippen LogP contribution is -2.51. The summed E-state index contributed by atoms with van der Waals surface area (Å²) in [4.78, 5) is 22.9. The minimum atomic E-state index is -0.901. The van der Waals surface area contributed by atoms with E-state index < -0.39 is 29.3 Å². The van der Waals surface area contributed by atoms with Crippen LogP contribution < -0.4 is 10.1 Å². The monoisotopic (exact) mass is 578 g/mol. The standard InChI is InChI=1S/C26H32ClFN6O4S/c1-14(2)31-23-29-10-15(11-30-23)21-32-33-22(39-21)17-8-19(28)20(9-18(17)27)36-12-16-13-37-26(6,7)34(16)24(35)38-25(3,4)5/h8-11,14,16H,12-13H2,1-7H3,(H,29,30,31). The molecule has 1 aromatic carbocycles. The third-order valence-corrected chi connectivity index (χ3v) is 6.91. The molecule has 4 rings (SSSR count). The maximum Gasteiger partial charge on any atom is 0.413 e. The second kappa shape index (κ2) is 11.2. The number of ether oxygens (including phenoxy) is 3. The first kappa shape index (κ1) is 28.9. The van der Waals surface area contributed by atoms with Gasteiger partial charge in [-0.25, -0.2) is 19.2 Å². The molecule has 210 valence electrons. The van der Waals surface area contributed by atoms with Crippen molar-refractivity contribution in [2.45, 2.75) is 71.9 Å². The number of nitrogens with one attached hydrogen (secondary N) is 1. The molecule has 0 spiro atoms. The molecule has 0 aliphatic carbocycles. The van der Waals surface area contributed by atoms with Crippen LogP contribution in [0.4, 0.5) is 15.1 Å². The molecule has 1 aliphatic heterocycles. The van der Waals surface area contributed by atoms with Gasteiger partial charge in [-0.3, -0.25) is 4.90 Å². The van der Waals surface area contributed by atoms with Gasteiger partial charge < -0.3 is 19.5 Å². The fourth-order valence-electron chi connectivity index (χ4n) is 3.90. The summed E-state index contributed by atoms with van der Waals surface area (Å²) in [6, 6.07) is 2.37. The molecule has 0 radical (unpaired) electrons. The van der Waals surface area contributed by atoms with Crippen molar-refractivity contribution in [3.63, 3.8) is 0 Å². The van der Waals surface area contributed by atoms with Gasteiger partial charge in [0.2, 0.25) is 5.95 Å². The van der Waals surface area contributed by atoms with Crippen molar-refractivity contribution in [1.82, 2.24) is 25.1 Å². The summed E-state index contributed by atoms with van der Waals surface area (Å²) in [5, 5.41) is 12.7. The molecule has 13 heteroatoms. The summed E-state index contributed by atoms with van der Waals surface area (Å²) in [6.07, 6.45) is 2.77. The van der Waals surface area contributed by atoms with Crippen molar-refractivity contribution in [2.24, 2.45) is 0 Å². The molecule has 1 N–H and O–H groups in total. The van der Waals surface area contributed by atoms with E-state index in [-0.39, 0.29) is 30.0 Å². The van der Waals surface area contributed by atoms with E-state index in [1.165, 1.54) is 28.4 Å². The van der Waals surface area contributed by atoms with Crippen LogP contribution in [0.2, 0.25) is 5.02 Å². The number of anilines is 1. The van der Waals surface area contributed by atoms with Crippen LogP contribution >= 0.6 is 22.9 Å². The van der Waals surface area contributed by atoms with Gasteiger partial charge in [0.1, 0.15) is 22.9 Å². The summed E-state index contributed by atoms with van der Waals surface area (Å²) in [5.41, 5.74) is -0.518. The molecule has 1 fully saturated rings. The second-order valence-electron chi connectivity index (χ2n) is 10.8. The van der Waals surface area contributed by atoms with Crippen LogP contribution in [-0.2, 0) is 9.47 Å². The molecule has 1 aliphatic rings. The molecule has 39 heavy (non-hydrogen) atoms. The van der Waals surface area contributed by atoms with Crippen LogP contribution in [0.1, 0.15) is 48.5 Å². The van der Waals surface area contributed by atoms with Crippen molar-refractivity contribution in [3.05, 3.63) is 35.4 Å². The Morgan fingerprint density at radius 3 is 2.56 bits per heavy atom. The van der Waals surface area contributed by atoms with E-state index >= 15 is 4.39 Å². The minimum absolute atomic E-state index is 0.0140. The van der Waals surface area contributed by atoms with E-state index in [1.807, 2.05) is 13.8 Å². The number of carbonyl (C=O) groups is 1. The second-order valence-corrected chi connectivity index (χ2v) is 12.2. The zero-order chi connectivity index (χ0) is 28.5. The molecule has 3 aromatic rings. The molecule has 0 saturated carbocycles. The highest BCUT2D eigenvalue weighted by Crippen LogP contribution is 2.37. The van der Waals surface area contributed by atoms with Crippen molar-refractivity contribution < 1.29 is 23.4 Å². The Labute approximate surface area is 235 Å². The van der Waals surface area contributed by atoms with Gasteiger partial charge in [-0.2, -0.15) is 0 Å². The van der Waals surface area contributed by atoms with E-state index in [4.69, 9.17) is 25.8 Å². The van der Waals surface area contributed by atoms with E-state index in [2.05, 4.69) is 25.5 Å². The molecule has 1 unspecified atom stereocenters. The molecule has 1 atom stereocenters. The predicted octanol–water partition coefficient (Wildman–Crippen LogP) is 6.03. The fraction of sp³-hybridized carbons (Fsp3) is 0.500. The van der Waals surface area contributed by atoms with E-state index in [1.54, 1.807) is 47.0 Å². The SMILES string of the molecule is CC(C)Nc1ncc(-c2nnc(-c3cc(F)c(OCC4COC(C)(C)N4C(=O)OC(C)(C)C)cc3Cl)s2)cn1. The average molecular weight is 579 g/mol. The Balaban J connectivity index is 1.47. The summed E-state index contributed by atoms with van der Waals surface area (Å²) < 4.78 is 32.2. The normalized spacial score (nSPS) is 17.0. The van der Waals surface area contributed by atoms with E-state index in [0.29, 0.717) is 27.1 Å². The largest absolute Gasteiger partial charge is 0.488 e. The number of hydrogen-bond acceptors (Lipinski definition) is 10. The molecular formula is C26H32ClFN6O4S. The Bertz CT molecular complexity index is 1330. The van der Waals surface area contributed by atoms with Crippen molar-refractivity contribution >= 4 is 35.0 Å². The van der Waals surface area contributed by atoms with Gasteiger partial charge in [0.25, 0.3) is 0 Å². The van der Waals surface area contributed by atoms with Crippen LogP contribution in [0.3, 0.4) is 0 Å². The van der Waals surface area contributed by atoms with Crippen molar-refractivity contribution in [3.8, 4) is 26.9 Å². The first-order valence-corrected chi connectivity index (χ1v) is 13.6. The highest BCUT2D eigenvalue weighted by molar-refractivity contribution is 7.18. The highest BCUT2D eigenvalue weighted by atomic mass is 35.5.